The third-order valence-corrected chi connectivity index (χ3v) is 5.65. The summed E-state index contributed by atoms with van der Waals surface area (Å²) in [5, 5.41) is 24.1. The number of aliphatic hydroxyl groups excluding tert-OH is 1. The Labute approximate surface area is 187 Å². The number of aliphatic hydroxyl groups is 1. The van der Waals surface area contributed by atoms with Gasteiger partial charge in [-0.05, 0) is 42.3 Å². The van der Waals surface area contributed by atoms with E-state index in [1.807, 2.05) is 49.4 Å². The molecule has 0 saturated heterocycles. The van der Waals surface area contributed by atoms with Gasteiger partial charge in [0, 0.05) is 30.2 Å². The predicted molar refractivity (Wildman–Crippen MR) is 124 cm³/mol. The Morgan fingerprint density at radius 1 is 0.967 bits per heavy atom. The van der Waals surface area contributed by atoms with E-state index in [0.29, 0.717) is 23.1 Å². The molecule has 158 valence electrons. The molecular weight excluding hydrogens is 419 g/mol. The predicted octanol–water partition coefficient (Wildman–Crippen LogP) is 5.74. The van der Waals surface area contributed by atoms with E-state index >= 15 is 0 Å². The lowest BCUT2D eigenvalue weighted by Gasteiger charge is -2.33. The van der Waals surface area contributed by atoms with Gasteiger partial charge in [-0.1, -0.05) is 65.7 Å². The summed E-state index contributed by atoms with van der Waals surface area (Å²) in [6, 6.07) is 22.6. The number of benzene rings is 3. The van der Waals surface area contributed by atoms with Crippen LogP contribution >= 0.6 is 23.2 Å². The van der Waals surface area contributed by atoms with E-state index in [-0.39, 0.29) is 24.4 Å². The number of rotatable bonds is 9. The molecular formula is C24H26Cl2N2O2. The molecule has 30 heavy (non-hydrogen) atoms. The molecule has 6 heteroatoms. The van der Waals surface area contributed by atoms with Gasteiger partial charge in [-0.25, -0.2) is 0 Å². The second kappa shape index (κ2) is 10.7. The fourth-order valence-corrected chi connectivity index (χ4v) is 3.66. The zero-order valence-corrected chi connectivity index (χ0v) is 18.3. The normalized spacial score (nSPS) is 13.2. The van der Waals surface area contributed by atoms with Gasteiger partial charge in [0.15, 0.2) is 0 Å². The fraction of sp³-hybridized carbons (Fsp3) is 0.250. The number of aromatic hydroxyl groups is 1. The zero-order valence-electron chi connectivity index (χ0n) is 16.8. The van der Waals surface area contributed by atoms with Crippen molar-refractivity contribution in [2.45, 2.75) is 25.6 Å². The van der Waals surface area contributed by atoms with Crippen LogP contribution in [0.25, 0.3) is 0 Å². The molecule has 3 N–H and O–H groups in total. The molecule has 0 aliphatic carbocycles. The van der Waals surface area contributed by atoms with Gasteiger partial charge in [-0.15, -0.1) is 0 Å². The monoisotopic (exact) mass is 444 g/mol. The summed E-state index contributed by atoms with van der Waals surface area (Å²) in [7, 11) is 0. The summed E-state index contributed by atoms with van der Waals surface area (Å²) in [6.45, 7) is 3.41. The summed E-state index contributed by atoms with van der Waals surface area (Å²) in [5.74, 6) is 0.119. The van der Waals surface area contributed by atoms with Gasteiger partial charge < -0.3 is 15.5 Å². The average molecular weight is 445 g/mol. The molecule has 0 bridgehead atoms. The fourth-order valence-electron chi connectivity index (χ4n) is 3.31. The van der Waals surface area contributed by atoms with E-state index in [4.69, 9.17) is 23.2 Å². The standard InChI is InChI=1S/C24H26Cl2N2O2/c1-17(16-29)28(14-18-5-3-2-4-6-18)15-24(19-7-9-20(25)10-8-19)27-23-12-11-21(30)13-22(23)26/h2-13,17,24,27,29-30H,14-16H2,1H3/t17-,24-/m0/s1. The van der Waals surface area contributed by atoms with Crippen molar-refractivity contribution in [3.63, 3.8) is 0 Å². The van der Waals surface area contributed by atoms with Gasteiger partial charge in [0.25, 0.3) is 0 Å². The van der Waals surface area contributed by atoms with Crippen LogP contribution in [0.3, 0.4) is 0 Å². The van der Waals surface area contributed by atoms with Crippen molar-refractivity contribution >= 4 is 28.9 Å². The second-order valence-corrected chi connectivity index (χ2v) is 8.20. The highest BCUT2D eigenvalue weighted by Crippen LogP contribution is 2.30. The van der Waals surface area contributed by atoms with Crippen molar-refractivity contribution in [2.24, 2.45) is 0 Å². The van der Waals surface area contributed by atoms with Gasteiger partial charge in [-0.2, -0.15) is 0 Å². The number of hydrogen-bond acceptors (Lipinski definition) is 4. The van der Waals surface area contributed by atoms with Crippen LogP contribution in [0.5, 0.6) is 5.75 Å². The number of hydrogen-bond donors (Lipinski definition) is 3. The number of nitrogens with zero attached hydrogens (tertiary/aromatic N) is 1. The van der Waals surface area contributed by atoms with Crippen molar-refractivity contribution in [3.05, 3.63) is 94.0 Å². The molecule has 0 heterocycles. The molecule has 0 unspecified atom stereocenters. The summed E-state index contributed by atoms with van der Waals surface area (Å²) in [4.78, 5) is 2.23. The molecule has 0 saturated carbocycles. The van der Waals surface area contributed by atoms with E-state index in [9.17, 15) is 10.2 Å². The van der Waals surface area contributed by atoms with Gasteiger partial charge in [-0.3, -0.25) is 4.90 Å². The maximum Gasteiger partial charge on any atom is 0.117 e. The molecule has 0 radical (unpaired) electrons. The Balaban J connectivity index is 1.89. The molecule has 0 amide bonds. The molecule has 0 aliphatic rings. The molecule has 3 rings (SSSR count). The smallest absolute Gasteiger partial charge is 0.117 e. The van der Waals surface area contributed by atoms with Gasteiger partial charge >= 0.3 is 0 Å². The number of phenols is 1. The molecule has 2 atom stereocenters. The highest BCUT2D eigenvalue weighted by Gasteiger charge is 2.21. The number of anilines is 1. The van der Waals surface area contributed by atoms with Crippen LogP contribution in [0, 0.1) is 0 Å². The Hall–Kier alpha value is -2.24. The highest BCUT2D eigenvalue weighted by atomic mass is 35.5. The first kappa shape index (κ1) is 22.4. The Morgan fingerprint density at radius 2 is 1.67 bits per heavy atom. The zero-order chi connectivity index (χ0) is 21.5. The first-order valence-corrected chi connectivity index (χ1v) is 10.6. The van der Waals surface area contributed by atoms with Crippen LogP contribution in [0.4, 0.5) is 5.69 Å². The minimum absolute atomic E-state index is 0.0305. The molecule has 0 fully saturated rings. The average Bonchev–Trinajstić information content (AvgIpc) is 2.75. The summed E-state index contributed by atoms with van der Waals surface area (Å²) in [5.41, 5.74) is 2.95. The first-order valence-electron chi connectivity index (χ1n) is 9.85. The topological polar surface area (TPSA) is 55.7 Å². The van der Waals surface area contributed by atoms with E-state index in [0.717, 1.165) is 11.3 Å². The summed E-state index contributed by atoms with van der Waals surface area (Å²) in [6.07, 6.45) is 0. The number of halogens is 2. The Morgan fingerprint density at radius 3 is 2.30 bits per heavy atom. The van der Waals surface area contributed by atoms with Crippen molar-refractivity contribution in [2.75, 3.05) is 18.5 Å². The summed E-state index contributed by atoms with van der Waals surface area (Å²) < 4.78 is 0. The number of nitrogens with one attached hydrogen (secondary N) is 1. The van der Waals surface area contributed by atoms with Crippen molar-refractivity contribution in [3.8, 4) is 5.75 Å². The summed E-state index contributed by atoms with van der Waals surface area (Å²) >= 11 is 12.4. The van der Waals surface area contributed by atoms with Crippen LogP contribution in [0.15, 0.2) is 72.8 Å². The lowest BCUT2D eigenvalue weighted by atomic mass is 10.0. The Kier molecular flexibility index (Phi) is 8.00. The largest absolute Gasteiger partial charge is 0.508 e. The molecule has 0 aliphatic heterocycles. The molecule has 0 spiro atoms. The quantitative estimate of drug-likeness (QED) is 0.368. The van der Waals surface area contributed by atoms with Crippen molar-refractivity contribution in [1.29, 1.82) is 0 Å². The van der Waals surface area contributed by atoms with Crippen molar-refractivity contribution in [1.82, 2.24) is 4.90 Å². The maximum atomic E-state index is 9.84. The molecule has 3 aromatic rings. The third-order valence-electron chi connectivity index (χ3n) is 5.09. The van der Waals surface area contributed by atoms with Crippen molar-refractivity contribution < 1.29 is 10.2 Å². The van der Waals surface area contributed by atoms with Gasteiger partial charge in [0.2, 0.25) is 0 Å². The lowest BCUT2D eigenvalue weighted by Crippen LogP contribution is -2.39. The molecule has 4 nitrogen and oxygen atoms in total. The van der Waals surface area contributed by atoms with Crippen LogP contribution in [-0.4, -0.2) is 34.3 Å². The molecule has 3 aromatic carbocycles. The third kappa shape index (κ3) is 6.13. The minimum Gasteiger partial charge on any atom is -0.508 e. The van der Waals surface area contributed by atoms with E-state index in [2.05, 4.69) is 22.3 Å². The van der Waals surface area contributed by atoms with E-state index in [1.165, 1.54) is 11.6 Å². The van der Waals surface area contributed by atoms with Gasteiger partial charge in [0.05, 0.1) is 23.4 Å². The minimum atomic E-state index is -0.109. The lowest BCUT2D eigenvalue weighted by molar-refractivity contribution is 0.123. The SMILES string of the molecule is C[C@@H](CO)N(Cc1ccccc1)C[C@H](Nc1ccc(O)cc1Cl)c1ccc(Cl)cc1. The van der Waals surface area contributed by atoms with Crippen LogP contribution in [-0.2, 0) is 6.54 Å². The van der Waals surface area contributed by atoms with Crippen LogP contribution < -0.4 is 5.32 Å². The Bertz CT molecular complexity index is 936. The van der Waals surface area contributed by atoms with Crippen LogP contribution in [0.1, 0.15) is 24.1 Å². The second-order valence-electron chi connectivity index (χ2n) is 7.36. The van der Waals surface area contributed by atoms with E-state index in [1.54, 1.807) is 12.1 Å². The van der Waals surface area contributed by atoms with Gasteiger partial charge in [0.1, 0.15) is 5.75 Å². The molecule has 0 aromatic heterocycles. The highest BCUT2D eigenvalue weighted by molar-refractivity contribution is 6.33. The first-order chi connectivity index (χ1) is 14.5. The number of phenolic OH excluding ortho intramolecular Hbond substituents is 1. The maximum absolute atomic E-state index is 9.84. The van der Waals surface area contributed by atoms with Crippen LogP contribution in [0.2, 0.25) is 10.0 Å². The van der Waals surface area contributed by atoms with E-state index < -0.39 is 0 Å².